The van der Waals surface area contributed by atoms with Crippen LogP contribution in [0.15, 0.2) is 10.9 Å². The molecule has 0 aliphatic carbocycles. The van der Waals surface area contributed by atoms with E-state index in [4.69, 9.17) is 4.52 Å². The van der Waals surface area contributed by atoms with Crippen LogP contribution in [0.3, 0.4) is 0 Å². The lowest BCUT2D eigenvalue weighted by atomic mass is 9.98. The zero-order chi connectivity index (χ0) is 12.8. The van der Waals surface area contributed by atoms with Crippen LogP contribution >= 0.6 is 0 Å². The Morgan fingerprint density at radius 2 is 2.44 bits per heavy atom. The molecule has 1 aromatic heterocycles. The van der Waals surface area contributed by atoms with Gasteiger partial charge in [0.25, 0.3) is 0 Å². The van der Waals surface area contributed by atoms with Crippen molar-refractivity contribution < 1.29 is 4.52 Å². The largest absolute Gasteiger partial charge is 0.343 e. The Kier molecular flexibility index (Phi) is 5.13. The molecule has 0 aromatic carbocycles. The van der Waals surface area contributed by atoms with Gasteiger partial charge in [0, 0.05) is 6.54 Å². The second-order valence-electron chi connectivity index (χ2n) is 5.64. The van der Waals surface area contributed by atoms with E-state index in [9.17, 15) is 0 Å². The number of nitrogens with zero attached hydrogens (tertiary/aromatic N) is 3. The number of rotatable bonds is 6. The Balaban J connectivity index is 1.71. The maximum Gasteiger partial charge on any atom is 0.213 e. The predicted octanol–water partition coefficient (Wildman–Crippen LogP) is 1.53. The number of likely N-dealkylation sites (tertiary alicyclic amines) is 1. The highest BCUT2D eigenvalue weighted by Gasteiger charge is 2.20. The number of hydrogen-bond donors (Lipinski definition) is 1. The zero-order valence-electron chi connectivity index (χ0n) is 11.4. The molecule has 0 spiro atoms. The molecule has 1 N–H and O–H groups in total. The molecule has 2 rings (SSSR count). The Morgan fingerprint density at radius 3 is 3.17 bits per heavy atom. The van der Waals surface area contributed by atoms with Crippen LogP contribution in [-0.2, 0) is 6.54 Å². The van der Waals surface area contributed by atoms with Gasteiger partial charge in [-0.2, -0.15) is 4.98 Å². The second kappa shape index (κ2) is 6.85. The van der Waals surface area contributed by atoms with Crippen molar-refractivity contribution in [2.75, 3.05) is 26.2 Å². The van der Waals surface area contributed by atoms with E-state index in [0.29, 0.717) is 0 Å². The molecular weight excluding hydrogens is 228 g/mol. The standard InChI is InChI=1S/C13H24N4O/c1-11(2)6-14-7-12-4-3-5-17(8-12)9-13-15-10-18-16-13/h10-12,14H,3-9H2,1-2H3. The van der Waals surface area contributed by atoms with E-state index >= 15 is 0 Å². The topological polar surface area (TPSA) is 54.2 Å². The fourth-order valence-electron chi connectivity index (χ4n) is 2.50. The summed E-state index contributed by atoms with van der Waals surface area (Å²) in [7, 11) is 0. The first-order chi connectivity index (χ1) is 8.74. The van der Waals surface area contributed by atoms with Gasteiger partial charge >= 0.3 is 0 Å². The van der Waals surface area contributed by atoms with Crippen LogP contribution in [0.2, 0.25) is 0 Å². The van der Waals surface area contributed by atoms with E-state index in [0.717, 1.165) is 50.4 Å². The lowest BCUT2D eigenvalue weighted by molar-refractivity contribution is 0.160. The molecular formula is C13H24N4O. The molecule has 1 aliphatic heterocycles. The predicted molar refractivity (Wildman–Crippen MR) is 70.0 cm³/mol. The molecule has 18 heavy (non-hydrogen) atoms. The summed E-state index contributed by atoms with van der Waals surface area (Å²) >= 11 is 0. The summed E-state index contributed by atoms with van der Waals surface area (Å²) in [6.07, 6.45) is 4.00. The van der Waals surface area contributed by atoms with Gasteiger partial charge in [-0.3, -0.25) is 4.90 Å². The number of aromatic nitrogens is 2. The summed E-state index contributed by atoms with van der Waals surface area (Å²) in [6, 6.07) is 0. The molecule has 1 aromatic rings. The lowest BCUT2D eigenvalue weighted by Crippen LogP contribution is -2.40. The van der Waals surface area contributed by atoms with E-state index in [1.165, 1.54) is 19.2 Å². The molecule has 0 bridgehead atoms. The van der Waals surface area contributed by atoms with Gasteiger partial charge in [-0.15, -0.1) is 0 Å². The van der Waals surface area contributed by atoms with Gasteiger partial charge in [0.15, 0.2) is 5.82 Å². The van der Waals surface area contributed by atoms with Crippen LogP contribution in [-0.4, -0.2) is 41.2 Å². The van der Waals surface area contributed by atoms with Gasteiger partial charge in [-0.05, 0) is 44.3 Å². The van der Waals surface area contributed by atoms with Crippen molar-refractivity contribution in [2.45, 2.75) is 33.2 Å². The van der Waals surface area contributed by atoms with Crippen molar-refractivity contribution >= 4 is 0 Å². The molecule has 0 amide bonds. The van der Waals surface area contributed by atoms with Gasteiger partial charge in [-0.25, -0.2) is 0 Å². The van der Waals surface area contributed by atoms with Crippen LogP contribution in [0.1, 0.15) is 32.5 Å². The van der Waals surface area contributed by atoms with Crippen LogP contribution in [0, 0.1) is 11.8 Å². The maximum atomic E-state index is 4.77. The minimum Gasteiger partial charge on any atom is -0.343 e. The summed E-state index contributed by atoms with van der Waals surface area (Å²) in [5.74, 6) is 2.28. The SMILES string of the molecule is CC(C)CNCC1CCCN(Cc2ncon2)C1. The summed E-state index contributed by atoms with van der Waals surface area (Å²) in [6.45, 7) is 9.83. The van der Waals surface area contributed by atoms with Crippen molar-refractivity contribution in [3.05, 3.63) is 12.2 Å². The van der Waals surface area contributed by atoms with Gasteiger partial charge < -0.3 is 9.84 Å². The fourth-order valence-corrected chi connectivity index (χ4v) is 2.50. The Morgan fingerprint density at radius 1 is 1.56 bits per heavy atom. The smallest absolute Gasteiger partial charge is 0.213 e. The minimum absolute atomic E-state index is 0.726. The van der Waals surface area contributed by atoms with Crippen molar-refractivity contribution in [1.29, 1.82) is 0 Å². The first-order valence-electron chi connectivity index (χ1n) is 6.92. The first kappa shape index (κ1) is 13.5. The van der Waals surface area contributed by atoms with Crippen LogP contribution < -0.4 is 5.32 Å². The molecule has 1 unspecified atom stereocenters. The third kappa shape index (κ3) is 4.38. The molecule has 5 nitrogen and oxygen atoms in total. The van der Waals surface area contributed by atoms with Gasteiger partial charge in [0.1, 0.15) is 0 Å². The van der Waals surface area contributed by atoms with Crippen LogP contribution in [0.4, 0.5) is 0 Å². The van der Waals surface area contributed by atoms with Crippen molar-refractivity contribution in [3.8, 4) is 0 Å². The Bertz CT molecular complexity index is 326. The van der Waals surface area contributed by atoms with E-state index in [1.54, 1.807) is 0 Å². The monoisotopic (exact) mass is 252 g/mol. The quantitative estimate of drug-likeness (QED) is 0.832. The number of piperidine rings is 1. The average molecular weight is 252 g/mol. The Hall–Kier alpha value is -0.940. The molecule has 0 saturated carbocycles. The van der Waals surface area contributed by atoms with Gasteiger partial charge in [0.05, 0.1) is 6.54 Å². The molecule has 0 radical (unpaired) electrons. The Labute approximate surface area is 109 Å². The lowest BCUT2D eigenvalue weighted by Gasteiger charge is -2.32. The summed E-state index contributed by atoms with van der Waals surface area (Å²) in [4.78, 5) is 6.51. The highest BCUT2D eigenvalue weighted by Crippen LogP contribution is 2.17. The molecule has 1 saturated heterocycles. The third-order valence-corrected chi connectivity index (χ3v) is 3.36. The van der Waals surface area contributed by atoms with Crippen LogP contribution in [0.5, 0.6) is 0 Å². The average Bonchev–Trinajstić information content (AvgIpc) is 2.82. The minimum atomic E-state index is 0.726. The summed E-state index contributed by atoms with van der Waals surface area (Å²) in [5, 5.41) is 7.43. The van der Waals surface area contributed by atoms with Crippen molar-refractivity contribution in [1.82, 2.24) is 20.4 Å². The highest BCUT2D eigenvalue weighted by molar-refractivity contribution is 4.82. The number of hydrogen-bond acceptors (Lipinski definition) is 5. The molecule has 1 atom stereocenters. The van der Waals surface area contributed by atoms with Crippen molar-refractivity contribution in [2.24, 2.45) is 11.8 Å². The normalized spacial score (nSPS) is 21.6. The van der Waals surface area contributed by atoms with E-state index < -0.39 is 0 Å². The second-order valence-corrected chi connectivity index (χ2v) is 5.64. The zero-order valence-corrected chi connectivity index (χ0v) is 11.4. The fraction of sp³-hybridized carbons (Fsp3) is 0.846. The molecule has 102 valence electrons. The highest BCUT2D eigenvalue weighted by atomic mass is 16.5. The van der Waals surface area contributed by atoms with Gasteiger partial charge in [-0.1, -0.05) is 19.0 Å². The third-order valence-electron chi connectivity index (χ3n) is 3.36. The van der Waals surface area contributed by atoms with E-state index in [1.807, 2.05) is 0 Å². The molecule has 5 heteroatoms. The summed E-state index contributed by atoms with van der Waals surface area (Å²) in [5.41, 5.74) is 0. The first-order valence-corrected chi connectivity index (χ1v) is 6.92. The summed E-state index contributed by atoms with van der Waals surface area (Å²) < 4.78 is 4.77. The molecule has 1 aliphatic rings. The van der Waals surface area contributed by atoms with Crippen molar-refractivity contribution in [3.63, 3.8) is 0 Å². The van der Waals surface area contributed by atoms with E-state index in [2.05, 4.69) is 34.2 Å². The molecule has 1 fully saturated rings. The maximum absolute atomic E-state index is 4.77. The van der Waals surface area contributed by atoms with Gasteiger partial charge in [0.2, 0.25) is 6.39 Å². The van der Waals surface area contributed by atoms with E-state index in [-0.39, 0.29) is 0 Å². The molecule has 2 heterocycles. The van der Waals surface area contributed by atoms with Crippen LogP contribution in [0.25, 0.3) is 0 Å². The number of nitrogens with one attached hydrogen (secondary N) is 1.